The topological polar surface area (TPSA) is 86.7 Å². The van der Waals surface area contributed by atoms with Gasteiger partial charge in [0.25, 0.3) is 5.91 Å². The number of carbonyl (C=O) groups is 1. The van der Waals surface area contributed by atoms with Crippen LogP contribution in [0.25, 0.3) is 10.8 Å². The Balaban J connectivity index is 2.63. The smallest absolute Gasteiger partial charge is 0.262 e. The van der Waals surface area contributed by atoms with Gasteiger partial charge in [0.1, 0.15) is 10.9 Å². The number of benzene rings is 2. The van der Waals surface area contributed by atoms with Gasteiger partial charge in [-0.2, -0.15) is 4.31 Å². The Morgan fingerprint density at radius 3 is 2.36 bits per heavy atom. The van der Waals surface area contributed by atoms with E-state index in [4.69, 9.17) is 16.8 Å². The average Bonchev–Trinajstić information content (AvgIpc) is 2.64. The number of sulfonamides is 1. The van der Waals surface area contributed by atoms with Crippen LogP contribution in [-0.4, -0.2) is 36.4 Å². The lowest BCUT2D eigenvalue weighted by Gasteiger charge is -2.32. The van der Waals surface area contributed by atoms with Gasteiger partial charge < -0.3 is 0 Å². The Labute approximate surface area is 171 Å². The lowest BCUT2D eigenvalue weighted by atomic mass is 10.0. The van der Waals surface area contributed by atoms with Gasteiger partial charge in [0.05, 0.1) is 5.02 Å². The zero-order valence-electron chi connectivity index (χ0n) is 16.5. The summed E-state index contributed by atoms with van der Waals surface area (Å²) in [6.07, 6.45) is 0.562. The molecule has 0 bridgehead atoms. The summed E-state index contributed by atoms with van der Waals surface area (Å²) < 4.78 is 28.3. The van der Waals surface area contributed by atoms with Gasteiger partial charge in [-0.1, -0.05) is 69.6 Å². The zero-order valence-corrected chi connectivity index (χ0v) is 18.1. The van der Waals surface area contributed by atoms with Gasteiger partial charge >= 0.3 is 0 Å². The molecule has 0 aromatic heterocycles. The molecule has 0 radical (unpaired) electrons. The molecule has 1 amide bonds. The lowest BCUT2D eigenvalue weighted by molar-refractivity contribution is -0.134. The number of hydroxylamine groups is 1. The minimum Gasteiger partial charge on any atom is -0.289 e. The number of amides is 1. The van der Waals surface area contributed by atoms with E-state index in [0.717, 1.165) is 9.69 Å². The highest BCUT2D eigenvalue weighted by atomic mass is 35.5. The van der Waals surface area contributed by atoms with E-state index in [1.807, 2.05) is 26.0 Å². The number of nitrogens with one attached hydrogen (secondary N) is 1. The quantitative estimate of drug-likeness (QED) is 0.492. The Morgan fingerprint density at radius 2 is 1.79 bits per heavy atom. The number of nitrogens with zero attached hydrogens (tertiary/aromatic N) is 1. The number of fused-ring (bicyclic) bond motifs is 1. The summed E-state index contributed by atoms with van der Waals surface area (Å²) in [4.78, 5) is 12.3. The van der Waals surface area contributed by atoms with Crippen LogP contribution >= 0.6 is 11.6 Å². The van der Waals surface area contributed by atoms with Crippen molar-refractivity contribution in [3.8, 4) is 0 Å². The fourth-order valence-corrected chi connectivity index (χ4v) is 5.51. The maximum absolute atomic E-state index is 13.6. The summed E-state index contributed by atoms with van der Waals surface area (Å²) in [6.45, 7) is 7.56. The van der Waals surface area contributed by atoms with Gasteiger partial charge in [0, 0.05) is 11.9 Å². The van der Waals surface area contributed by atoms with E-state index in [-0.39, 0.29) is 28.3 Å². The van der Waals surface area contributed by atoms with Gasteiger partial charge in [-0.15, -0.1) is 0 Å². The van der Waals surface area contributed by atoms with Crippen molar-refractivity contribution in [2.24, 2.45) is 11.8 Å². The summed E-state index contributed by atoms with van der Waals surface area (Å²) in [5.74, 6) is -0.887. The molecule has 0 saturated heterocycles. The van der Waals surface area contributed by atoms with Crippen molar-refractivity contribution in [3.63, 3.8) is 0 Å². The number of hydrogen-bond acceptors (Lipinski definition) is 4. The van der Waals surface area contributed by atoms with E-state index in [0.29, 0.717) is 11.8 Å². The molecule has 6 nitrogen and oxygen atoms in total. The zero-order chi connectivity index (χ0) is 21.1. The minimum atomic E-state index is -4.09. The van der Waals surface area contributed by atoms with Gasteiger partial charge in [0.2, 0.25) is 10.0 Å². The Morgan fingerprint density at radius 1 is 1.14 bits per heavy atom. The fraction of sp³-hybridized carbons (Fsp3) is 0.450. The van der Waals surface area contributed by atoms with Gasteiger partial charge in [-0.05, 0) is 29.7 Å². The van der Waals surface area contributed by atoms with Crippen LogP contribution in [0.15, 0.2) is 41.3 Å². The van der Waals surface area contributed by atoms with Crippen molar-refractivity contribution in [1.82, 2.24) is 9.79 Å². The summed E-state index contributed by atoms with van der Waals surface area (Å²) >= 11 is 6.47. The molecule has 1 atom stereocenters. The maximum atomic E-state index is 13.6. The molecule has 1 unspecified atom stereocenters. The average molecular weight is 427 g/mol. The third-order valence-corrected chi connectivity index (χ3v) is 7.10. The first-order valence-electron chi connectivity index (χ1n) is 9.24. The van der Waals surface area contributed by atoms with Crippen molar-refractivity contribution >= 4 is 38.3 Å². The van der Waals surface area contributed by atoms with Gasteiger partial charge in [-0.25, -0.2) is 13.9 Å². The highest BCUT2D eigenvalue weighted by Gasteiger charge is 2.38. The Kier molecular flexibility index (Phi) is 7.45. The van der Waals surface area contributed by atoms with Crippen molar-refractivity contribution in [1.29, 1.82) is 0 Å². The predicted octanol–water partition coefficient (Wildman–Crippen LogP) is 4.06. The standard InChI is InChI=1S/C20H27ClN2O4S/c1-13(2)11-12-23(19(14(3)4)20(24)22-25)28(26,27)17-10-9-15-7-5-6-8-16(15)18(17)21/h5-10,13-14,19,25H,11-12H2,1-4H3,(H,22,24). The van der Waals surface area contributed by atoms with Crippen molar-refractivity contribution in [3.05, 3.63) is 41.4 Å². The number of hydrogen-bond donors (Lipinski definition) is 2. The molecule has 0 spiro atoms. The molecule has 0 aliphatic heterocycles. The van der Waals surface area contributed by atoms with Gasteiger partial charge in [0.15, 0.2) is 0 Å². The van der Waals surface area contributed by atoms with Crippen LogP contribution in [0.1, 0.15) is 34.1 Å². The van der Waals surface area contributed by atoms with E-state index in [2.05, 4.69) is 0 Å². The molecule has 0 fully saturated rings. The molecular formula is C20H27ClN2O4S. The number of halogens is 1. The third-order valence-electron chi connectivity index (χ3n) is 4.66. The van der Waals surface area contributed by atoms with Crippen LogP contribution in [0.3, 0.4) is 0 Å². The minimum absolute atomic E-state index is 0.0481. The van der Waals surface area contributed by atoms with Crippen molar-refractivity contribution in [2.45, 2.75) is 45.1 Å². The molecule has 8 heteroatoms. The summed E-state index contributed by atoms with van der Waals surface area (Å²) in [5.41, 5.74) is 1.60. The molecular weight excluding hydrogens is 400 g/mol. The Hall–Kier alpha value is -1.67. The van der Waals surface area contributed by atoms with E-state index in [9.17, 15) is 13.2 Å². The summed E-state index contributed by atoms with van der Waals surface area (Å²) in [6, 6.07) is 9.36. The van der Waals surface area contributed by atoms with E-state index < -0.39 is 22.0 Å². The van der Waals surface area contributed by atoms with E-state index in [1.54, 1.807) is 37.5 Å². The molecule has 0 saturated carbocycles. The van der Waals surface area contributed by atoms with Crippen LogP contribution in [0.5, 0.6) is 0 Å². The van der Waals surface area contributed by atoms with Crippen LogP contribution in [0, 0.1) is 11.8 Å². The first-order chi connectivity index (χ1) is 13.1. The summed E-state index contributed by atoms with van der Waals surface area (Å²) in [5, 5.41) is 10.7. The van der Waals surface area contributed by atoms with Crippen LogP contribution in [0.4, 0.5) is 0 Å². The largest absolute Gasteiger partial charge is 0.289 e. The van der Waals surface area contributed by atoms with Crippen molar-refractivity contribution in [2.75, 3.05) is 6.54 Å². The first kappa shape index (κ1) is 22.6. The van der Waals surface area contributed by atoms with E-state index in [1.165, 1.54) is 6.07 Å². The molecule has 0 aliphatic rings. The normalized spacial score (nSPS) is 13.5. The monoisotopic (exact) mass is 426 g/mol. The highest BCUT2D eigenvalue weighted by molar-refractivity contribution is 7.89. The maximum Gasteiger partial charge on any atom is 0.262 e. The molecule has 28 heavy (non-hydrogen) atoms. The molecule has 2 aromatic rings. The molecule has 154 valence electrons. The molecule has 2 rings (SSSR count). The van der Waals surface area contributed by atoms with Crippen LogP contribution in [0.2, 0.25) is 5.02 Å². The van der Waals surface area contributed by atoms with Crippen LogP contribution in [-0.2, 0) is 14.8 Å². The second-order valence-corrected chi connectivity index (χ2v) is 9.80. The molecule has 0 aliphatic carbocycles. The van der Waals surface area contributed by atoms with Gasteiger partial charge in [-0.3, -0.25) is 10.0 Å². The van der Waals surface area contributed by atoms with E-state index >= 15 is 0 Å². The highest BCUT2D eigenvalue weighted by Crippen LogP contribution is 2.33. The lowest BCUT2D eigenvalue weighted by Crippen LogP contribution is -2.52. The van der Waals surface area contributed by atoms with Crippen LogP contribution < -0.4 is 5.48 Å². The Bertz CT molecular complexity index is 944. The van der Waals surface area contributed by atoms with Crippen molar-refractivity contribution < 1.29 is 18.4 Å². The second kappa shape index (κ2) is 9.22. The SMILES string of the molecule is CC(C)CCN(C(C(=O)NO)C(C)C)S(=O)(=O)c1ccc2ccccc2c1Cl. The molecule has 0 heterocycles. The number of rotatable bonds is 8. The first-order valence-corrected chi connectivity index (χ1v) is 11.1. The predicted molar refractivity (Wildman–Crippen MR) is 111 cm³/mol. The fourth-order valence-electron chi connectivity index (χ4n) is 3.17. The summed E-state index contributed by atoms with van der Waals surface area (Å²) in [7, 11) is -4.09. The molecule has 2 N–H and O–H groups in total. The second-order valence-electron chi connectivity index (χ2n) is 7.56. The molecule has 2 aromatic carbocycles. The third kappa shape index (κ3) is 4.66. The number of carbonyl (C=O) groups excluding carboxylic acids is 1.